The second-order valence-corrected chi connectivity index (χ2v) is 9.43. The van der Waals surface area contributed by atoms with Crippen molar-refractivity contribution in [3.8, 4) is 0 Å². The zero-order chi connectivity index (χ0) is 22.1. The first-order valence-electron chi connectivity index (χ1n) is 11.7. The normalized spacial score (nSPS) is 23.6. The Morgan fingerprint density at radius 1 is 1.09 bits per heavy atom. The molecule has 2 unspecified atom stereocenters. The van der Waals surface area contributed by atoms with Crippen molar-refractivity contribution in [2.24, 2.45) is 11.8 Å². The summed E-state index contributed by atoms with van der Waals surface area (Å²) in [7, 11) is 0. The molecule has 8 nitrogen and oxygen atoms in total. The van der Waals surface area contributed by atoms with E-state index < -0.39 is 6.09 Å². The van der Waals surface area contributed by atoms with Crippen LogP contribution in [-0.2, 0) is 12.8 Å². The lowest BCUT2D eigenvalue weighted by molar-refractivity contribution is 0.0766. The molecule has 3 N–H and O–H groups in total. The van der Waals surface area contributed by atoms with Gasteiger partial charge in [-0.1, -0.05) is 30.3 Å². The smallest absolute Gasteiger partial charge is 0.405 e. The van der Waals surface area contributed by atoms with E-state index in [4.69, 9.17) is 0 Å². The Kier molecular flexibility index (Phi) is 5.87. The molecule has 5 rings (SSSR count). The number of carboxylic acid groups (broad SMARTS) is 1. The predicted molar refractivity (Wildman–Crippen MR) is 120 cm³/mol. The molecule has 1 aliphatic carbocycles. The van der Waals surface area contributed by atoms with E-state index in [0.717, 1.165) is 75.2 Å². The van der Waals surface area contributed by atoms with Crippen LogP contribution < -0.4 is 5.32 Å². The minimum Gasteiger partial charge on any atom is -0.465 e. The Bertz CT molecular complexity index is 961. The summed E-state index contributed by atoms with van der Waals surface area (Å²) in [6.07, 6.45) is 3.99. The first-order valence-corrected chi connectivity index (χ1v) is 11.7. The van der Waals surface area contributed by atoms with Crippen LogP contribution in [-0.4, -0.2) is 69.8 Å². The van der Waals surface area contributed by atoms with Gasteiger partial charge in [0.25, 0.3) is 5.91 Å². The van der Waals surface area contributed by atoms with Crippen LogP contribution in [0.4, 0.5) is 4.79 Å². The van der Waals surface area contributed by atoms with Crippen LogP contribution in [0.2, 0.25) is 0 Å². The highest BCUT2D eigenvalue weighted by Gasteiger charge is 2.42. The molecule has 2 aromatic rings. The quantitative estimate of drug-likeness (QED) is 0.645. The number of H-pyrrole nitrogens is 1. The van der Waals surface area contributed by atoms with Gasteiger partial charge in [-0.3, -0.25) is 9.89 Å². The van der Waals surface area contributed by atoms with E-state index >= 15 is 0 Å². The van der Waals surface area contributed by atoms with Gasteiger partial charge >= 0.3 is 6.09 Å². The summed E-state index contributed by atoms with van der Waals surface area (Å²) in [5.74, 6) is 1.05. The van der Waals surface area contributed by atoms with Crippen molar-refractivity contribution in [2.75, 3.05) is 32.7 Å². The number of rotatable bonds is 6. The largest absolute Gasteiger partial charge is 0.465 e. The van der Waals surface area contributed by atoms with E-state index in [9.17, 15) is 14.7 Å². The molecule has 2 saturated heterocycles. The predicted octanol–water partition coefficient (Wildman–Crippen LogP) is 2.69. The van der Waals surface area contributed by atoms with E-state index in [1.54, 1.807) is 0 Å². The molecule has 2 aliphatic heterocycles. The third-order valence-corrected chi connectivity index (χ3v) is 7.34. The summed E-state index contributed by atoms with van der Waals surface area (Å²) in [6.45, 7) is 4.34. The third-order valence-electron chi connectivity index (χ3n) is 7.34. The van der Waals surface area contributed by atoms with Crippen LogP contribution in [0.15, 0.2) is 30.3 Å². The number of fused-ring (bicyclic) bond motifs is 2. The van der Waals surface area contributed by atoms with Gasteiger partial charge in [-0.25, -0.2) is 4.79 Å². The molecule has 0 saturated carbocycles. The molecule has 2 fully saturated rings. The number of nitrogens with zero attached hydrogens (tertiary/aromatic N) is 3. The Hall–Kier alpha value is -2.87. The molecule has 1 aromatic carbocycles. The van der Waals surface area contributed by atoms with E-state index in [-0.39, 0.29) is 11.9 Å². The van der Waals surface area contributed by atoms with Crippen molar-refractivity contribution in [1.29, 1.82) is 0 Å². The SMILES string of the molecule is O=C(O)NC(CCN1CC2CN(C(=O)c3n[nH]c4c3CCCC4)C[C@@H]2C1)c1ccccc1. The summed E-state index contributed by atoms with van der Waals surface area (Å²) in [4.78, 5) is 28.8. The van der Waals surface area contributed by atoms with Crippen molar-refractivity contribution < 1.29 is 14.7 Å². The third kappa shape index (κ3) is 4.24. The average Bonchev–Trinajstić information content (AvgIpc) is 3.49. The summed E-state index contributed by atoms with van der Waals surface area (Å²) in [6, 6.07) is 9.54. The van der Waals surface area contributed by atoms with Crippen LogP contribution >= 0.6 is 0 Å². The Morgan fingerprint density at radius 3 is 2.53 bits per heavy atom. The van der Waals surface area contributed by atoms with Crippen molar-refractivity contribution in [2.45, 2.75) is 38.1 Å². The molecule has 1 aromatic heterocycles. The van der Waals surface area contributed by atoms with E-state index in [1.807, 2.05) is 35.2 Å². The zero-order valence-corrected chi connectivity index (χ0v) is 18.3. The Balaban J connectivity index is 1.16. The highest BCUT2D eigenvalue weighted by Crippen LogP contribution is 2.33. The topological polar surface area (TPSA) is 102 Å². The fraction of sp³-hybridized carbons (Fsp3) is 0.542. The number of aromatic amines is 1. The fourth-order valence-electron chi connectivity index (χ4n) is 5.71. The molecule has 3 heterocycles. The van der Waals surface area contributed by atoms with Gasteiger partial charge in [-0.15, -0.1) is 0 Å². The maximum atomic E-state index is 13.1. The molecule has 2 amide bonds. The number of nitrogens with one attached hydrogen (secondary N) is 2. The number of benzene rings is 1. The van der Waals surface area contributed by atoms with Crippen LogP contribution in [0.25, 0.3) is 0 Å². The van der Waals surface area contributed by atoms with E-state index in [1.165, 1.54) is 6.42 Å². The summed E-state index contributed by atoms with van der Waals surface area (Å²) in [5.41, 5.74) is 3.92. The van der Waals surface area contributed by atoms with Crippen molar-refractivity contribution in [3.05, 3.63) is 52.8 Å². The number of carbonyl (C=O) groups is 2. The number of hydrogen-bond acceptors (Lipinski definition) is 4. The van der Waals surface area contributed by atoms with Gasteiger partial charge in [0.2, 0.25) is 0 Å². The number of aromatic nitrogens is 2. The van der Waals surface area contributed by atoms with Crippen LogP contribution in [0.1, 0.15) is 52.6 Å². The van der Waals surface area contributed by atoms with Crippen LogP contribution in [0.5, 0.6) is 0 Å². The Labute approximate surface area is 188 Å². The molecule has 3 aliphatic rings. The van der Waals surface area contributed by atoms with Gasteiger partial charge < -0.3 is 20.2 Å². The summed E-state index contributed by atoms with van der Waals surface area (Å²) >= 11 is 0. The number of aryl methyl sites for hydroxylation is 1. The minimum atomic E-state index is -0.994. The molecule has 32 heavy (non-hydrogen) atoms. The molecular formula is C24H31N5O3. The van der Waals surface area contributed by atoms with E-state index in [2.05, 4.69) is 20.4 Å². The highest BCUT2D eigenvalue weighted by atomic mass is 16.4. The van der Waals surface area contributed by atoms with Crippen molar-refractivity contribution in [3.63, 3.8) is 0 Å². The maximum absolute atomic E-state index is 13.1. The number of carbonyl (C=O) groups excluding carboxylic acids is 1. The lowest BCUT2D eigenvalue weighted by Gasteiger charge is -2.24. The standard InChI is InChI=1S/C24H31N5O3/c30-23(22-19-8-4-5-9-21(19)26-27-22)29-14-17-12-28(13-18(17)15-29)11-10-20(25-24(31)32)16-6-2-1-3-7-16/h1-3,6-7,17-18,20,25H,4-5,8-15H2,(H,26,27)(H,31,32)/t17-,18?,20?/m0/s1. The van der Waals surface area contributed by atoms with Gasteiger partial charge in [0.05, 0.1) is 6.04 Å². The molecule has 0 radical (unpaired) electrons. The highest BCUT2D eigenvalue weighted by molar-refractivity contribution is 5.94. The van der Waals surface area contributed by atoms with Crippen molar-refractivity contribution >= 4 is 12.0 Å². The molecule has 8 heteroatoms. The molecule has 0 bridgehead atoms. The van der Waals surface area contributed by atoms with Crippen LogP contribution in [0, 0.1) is 11.8 Å². The fourth-order valence-corrected chi connectivity index (χ4v) is 5.71. The second-order valence-electron chi connectivity index (χ2n) is 9.43. The number of amides is 2. The molecule has 0 spiro atoms. The number of likely N-dealkylation sites (tertiary alicyclic amines) is 2. The second kappa shape index (κ2) is 8.94. The summed E-state index contributed by atoms with van der Waals surface area (Å²) < 4.78 is 0. The minimum absolute atomic E-state index is 0.0835. The molecular weight excluding hydrogens is 406 g/mol. The van der Waals surface area contributed by atoms with Gasteiger partial charge in [0.1, 0.15) is 0 Å². The van der Waals surface area contributed by atoms with Gasteiger partial charge in [0.15, 0.2) is 5.69 Å². The first kappa shape index (κ1) is 21.0. The van der Waals surface area contributed by atoms with Crippen molar-refractivity contribution in [1.82, 2.24) is 25.3 Å². The van der Waals surface area contributed by atoms with Gasteiger partial charge in [0, 0.05) is 44.0 Å². The average molecular weight is 438 g/mol. The first-order chi connectivity index (χ1) is 15.6. The van der Waals surface area contributed by atoms with Gasteiger partial charge in [-0.05, 0) is 49.5 Å². The van der Waals surface area contributed by atoms with E-state index in [0.29, 0.717) is 17.5 Å². The lowest BCUT2D eigenvalue weighted by Crippen LogP contribution is -2.35. The molecule has 170 valence electrons. The molecule has 3 atom stereocenters. The van der Waals surface area contributed by atoms with Gasteiger partial charge in [-0.2, -0.15) is 5.10 Å². The zero-order valence-electron chi connectivity index (χ0n) is 18.3. The monoisotopic (exact) mass is 437 g/mol. The Morgan fingerprint density at radius 2 is 1.81 bits per heavy atom. The van der Waals surface area contributed by atoms with Crippen LogP contribution in [0.3, 0.4) is 0 Å². The lowest BCUT2D eigenvalue weighted by atomic mass is 9.95. The summed E-state index contributed by atoms with van der Waals surface area (Å²) in [5, 5.41) is 19.4. The number of hydrogen-bond donors (Lipinski definition) is 3. The maximum Gasteiger partial charge on any atom is 0.405 e.